The van der Waals surface area contributed by atoms with Crippen molar-refractivity contribution >= 4 is 11.9 Å². The number of hydrogen-bond donors (Lipinski definition) is 1. The van der Waals surface area contributed by atoms with Crippen LogP contribution in [0.2, 0.25) is 0 Å². The highest BCUT2D eigenvalue weighted by atomic mass is 16.8. The standard InChI is InChI=1S/C16H24O7/c1-9(2)20-14(18)12-13(15(19)21-10(3)4)23-16(22-12)7-5-11(17)6-8-16/h5,7,9-13,17H,6,8H2,1-4H3/t11?,12-,13-/m0/s1. The number of aliphatic hydroxyl groups excluding tert-OH is 1. The monoisotopic (exact) mass is 328 g/mol. The number of aliphatic hydroxyl groups is 1. The van der Waals surface area contributed by atoms with Gasteiger partial charge < -0.3 is 24.1 Å². The van der Waals surface area contributed by atoms with Crippen molar-refractivity contribution in [3.63, 3.8) is 0 Å². The summed E-state index contributed by atoms with van der Waals surface area (Å²) in [5.41, 5.74) is 0. The zero-order valence-electron chi connectivity index (χ0n) is 13.9. The molecule has 1 heterocycles. The fraction of sp³-hybridized carbons (Fsp3) is 0.750. The molecule has 1 saturated heterocycles. The Balaban J connectivity index is 2.20. The van der Waals surface area contributed by atoms with Gasteiger partial charge in [-0.05, 0) is 40.2 Å². The lowest BCUT2D eigenvalue weighted by Crippen LogP contribution is -2.40. The Morgan fingerprint density at radius 3 is 1.91 bits per heavy atom. The number of ether oxygens (including phenoxy) is 4. The molecule has 0 saturated carbocycles. The van der Waals surface area contributed by atoms with Crippen LogP contribution in [0, 0.1) is 0 Å². The van der Waals surface area contributed by atoms with Crippen LogP contribution < -0.4 is 0 Å². The maximum atomic E-state index is 12.2. The highest BCUT2D eigenvalue weighted by molar-refractivity contribution is 5.86. The van der Waals surface area contributed by atoms with Gasteiger partial charge in [-0.1, -0.05) is 6.08 Å². The Hall–Kier alpha value is -1.44. The molecule has 3 atom stereocenters. The topological polar surface area (TPSA) is 91.3 Å². The van der Waals surface area contributed by atoms with E-state index in [1.165, 1.54) is 6.08 Å². The average molecular weight is 328 g/mol. The smallest absolute Gasteiger partial charge is 0.339 e. The molecule has 1 spiro atoms. The van der Waals surface area contributed by atoms with E-state index in [2.05, 4.69) is 0 Å². The SMILES string of the molecule is CC(C)OC(=O)[C@H]1OC2(C=CC(O)CC2)O[C@@H]1C(=O)OC(C)C. The molecule has 0 aromatic heterocycles. The molecule has 0 radical (unpaired) electrons. The molecule has 7 heteroatoms. The third kappa shape index (κ3) is 4.31. The van der Waals surface area contributed by atoms with Gasteiger partial charge in [0.2, 0.25) is 0 Å². The summed E-state index contributed by atoms with van der Waals surface area (Å²) in [5.74, 6) is -2.54. The zero-order valence-corrected chi connectivity index (χ0v) is 13.9. The average Bonchev–Trinajstić information content (AvgIpc) is 2.81. The highest BCUT2D eigenvalue weighted by Gasteiger charge is 2.54. The number of esters is 2. The van der Waals surface area contributed by atoms with Crippen molar-refractivity contribution < 1.29 is 33.6 Å². The molecule has 1 fully saturated rings. The number of carbonyl (C=O) groups excluding carboxylic acids is 2. The van der Waals surface area contributed by atoms with Crippen molar-refractivity contribution in [2.45, 2.75) is 76.8 Å². The molecule has 1 aliphatic heterocycles. The number of rotatable bonds is 4. The summed E-state index contributed by atoms with van der Waals surface area (Å²) in [7, 11) is 0. The third-order valence-electron chi connectivity index (χ3n) is 3.46. The normalized spacial score (nSPS) is 29.3. The third-order valence-corrected chi connectivity index (χ3v) is 3.46. The van der Waals surface area contributed by atoms with Crippen molar-refractivity contribution in [1.29, 1.82) is 0 Å². The van der Waals surface area contributed by atoms with E-state index in [0.717, 1.165) is 0 Å². The second kappa shape index (κ2) is 6.98. The minimum absolute atomic E-state index is 0.335. The predicted octanol–water partition coefficient (Wildman–Crippen LogP) is 1.08. The molecule has 130 valence electrons. The molecule has 2 rings (SSSR count). The largest absolute Gasteiger partial charge is 0.461 e. The van der Waals surface area contributed by atoms with Crippen LogP contribution in [0.25, 0.3) is 0 Å². The van der Waals surface area contributed by atoms with Crippen LogP contribution in [-0.2, 0) is 28.5 Å². The summed E-state index contributed by atoms with van der Waals surface area (Å²) in [6.07, 6.45) is 0.170. The van der Waals surface area contributed by atoms with Gasteiger partial charge >= 0.3 is 11.9 Å². The summed E-state index contributed by atoms with van der Waals surface area (Å²) in [5, 5.41) is 9.56. The van der Waals surface area contributed by atoms with E-state index in [0.29, 0.717) is 12.8 Å². The molecule has 2 aliphatic rings. The Kier molecular flexibility index (Phi) is 5.44. The van der Waals surface area contributed by atoms with E-state index in [9.17, 15) is 14.7 Å². The van der Waals surface area contributed by atoms with Crippen LogP contribution in [0.3, 0.4) is 0 Å². The van der Waals surface area contributed by atoms with Gasteiger partial charge in [0.1, 0.15) is 0 Å². The van der Waals surface area contributed by atoms with Gasteiger partial charge in [-0.3, -0.25) is 0 Å². The van der Waals surface area contributed by atoms with E-state index >= 15 is 0 Å². The molecule has 1 N–H and O–H groups in total. The lowest BCUT2D eigenvalue weighted by atomic mass is 10.00. The van der Waals surface area contributed by atoms with Gasteiger partial charge in [0.05, 0.1) is 18.3 Å². The Bertz CT molecular complexity index is 453. The number of carbonyl (C=O) groups is 2. The molecule has 23 heavy (non-hydrogen) atoms. The summed E-state index contributed by atoms with van der Waals surface area (Å²) in [6, 6.07) is 0. The van der Waals surface area contributed by atoms with E-state index in [4.69, 9.17) is 18.9 Å². The van der Waals surface area contributed by atoms with Gasteiger partial charge in [0.25, 0.3) is 0 Å². The first-order valence-corrected chi connectivity index (χ1v) is 7.86. The van der Waals surface area contributed by atoms with Gasteiger partial charge in [0.15, 0.2) is 18.0 Å². The molecular weight excluding hydrogens is 304 g/mol. The molecule has 0 aromatic rings. The molecular formula is C16H24O7. The molecule has 0 aromatic carbocycles. The first-order chi connectivity index (χ1) is 10.7. The Morgan fingerprint density at radius 2 is 1.57 bits per heavy atom. The second-order valence-electron chi connectivity index (χ2n) is 6.33. The molecule has 7 nitrogen and oxygen atoms in total. The van der Waals surface area contributed by atoms with Crippen molar-refractivity contribution in [1.82, 2.24) is 0 Å². The minimum Gasteiger partial charge on any atom is -0.461 e. The van der Waals surface area contributed by atoms with Crippen LogP contribution in [-0.4, -0.2) is 53.4 Å². The summed E-state index contributed by atoms with van der Waals surface area (Å²) < 4.78 is 21.7. The summed E-state index contributed by atoms with van der Waals surface area (Å²) in [6.45, 7) is 6.84. The Morgan fingerprint density at radius 1 is 1.09 bits per heavy atom. The minimum atomic E-state index is -1.21. The van der Waals surface area contributed by atoms with Gasteiger partial charge in [-0.15, -0.1) is 0 Å². The molecule has 0 bridgehead atoms. The van der Waals surface area contributed by atoms with Gasteiger partial charge in [-0.2, -0.15) is 0 Å². The van der Waals surface area contributed by atoms with E-state index in [-0.39, 0.29) is 12.2 Å². The summed E-state index contributed by atoms with van der Waals surface area (Å²) >= 11 is 0. The van der Waals surface area contributed by atoms with Crippen molar-refractivity contribution in [3.05, 3.63) is 12.2 Å². The lowest BCUT2D eigenvalue weighted by Gasteiger charge is -2.28. The molecule has 1 unspecified atom stereocenters. The van der Waals surface area contributed by atoms with E-state index in [1.807, 2.05) is 0 Å². The van der Waals surface area contributed by atoms with Crippen molar-refractivity contribution in [2.24, 2.45) is 0 Å². The molecule has 1 aliphatic carbocycles. The van der Waals surface area contributed by atoms with Crippen molar-refractivity contribution in [3.8, 4) is 0 Å². The first-order valence-electron chi connectivity index (χ1n) is 7.86. The fourth-order valence-electron chi connectivity index (χ4n) is 2.51. The highest BCUT2D eigenvalue weighted by Crippen LogP contribution is 2.38. The van der Waals surface area contributed by atoms with Gasteiger partial charge in [0, 0.05) is 6.42 Å². The lowest BCUT2D eigenvalue weighted by molar-refractivity contribution is -0.176. The second-order valence-corrected chi connectivity index (χ2v) is 6.33. The van der Waals surface area contributed by atoms with Crippen LogP contribution >= 0.6 is 0 Å². The van der Waals surface area contributed by atoms with Crippen LogP contribution in [0.1, 0.15) is 40.5 Å². The predicted molar refractivity (Wildman–Crippen MR) is 79.3 cm³/mol. The maximum Gasteiger partial charge on any atom is 0.339 e. The fourth-order valence-corrected chi connectivity index (χ4v) is 2.51. The quantitative estimate of drug-likeness (QED) is 0.610. The van der Waals surface area contributed by atoms with Crippen molar-refractivity contribution in [2.75, 3.05) is 0 Å². The molecule has 0 amide bonds. The van der Waals surface area contributed by atoms with Crippen LogP contribution in [0.5, 0.6) is 0 Å². The maximum absolute atomic E-state index is 12.2. The van der Waals surface area contributed by atoms with E-state index in [1.54, 1.807) is 33.8 Å². The zero-order chi connectivity index (χ0) is 17.2. The first kappa shape index (κ1) is 17.9. The van der Waals surface area contributed by atoms with Crippen LogP contribution in [0.4, 0.5) is 0 Å². The van der Waals surface area contributed by atoms with E-state index < -0.39 is 36.0 Å². The summed E-state index contributed by atoms with van der Waals surface area (Å²) in [4.78, 5) is 24.5. The number of hydrogen-bond acceptors (Lipinski definition) is 7. The Labute approximate surface area is 135 Å². The van der Waals surface area contributed by atoms with Gasteiger partial charge in [-0.25, -0.2) is 9.59 Å². The van der Waals surface area contributed by atoms with Crippen LogP contribution in [0.15, 0.2) is 12.2 Å².